The highest BCUT2D eigenvalue weighted by atomic mass is 35.5. The Balaban J connectivity index is 2.05. The maximum Gasteiger partial charge on any atom is 0.317 e. The minimum atomic E-state index is -1.02. The molecule has 0 aliphatic carbocycles. The van der Waals surface area contributed by atoms with Crippen molar-refractivity contribution >= 4 is 35.1 Å². The molecule has 0 saturated heterocycles. The van der Waals surface area contributed by atoms with E-state index in [9.17, 15) is 14.7 Å². The Morgan fingerprint density at radius 3 is 2.29 bits per heavy atom. The first kappa shape index (κ1) is 18.4. The Labute approximate surface area is 149 Å². The molecule has 0 heterocycles. The van der Waals surface area contributed by atoms with E-state index in [4.69, 9.17) is 16.3 Å². The standard InChI is InChI=1S/C18H17ClO4S/c1-2-23-14-7-3-12(4-8-14)16(20)11-17(18(21)22)24-15-9-5-13(19)6-10-15/h3-10,17H,2,11H2,1H3,(H,21,22)/t17-/m1/s1. The van der Waals surface area contributed by atoms with Gasteiger partial charge < -0.3 is 9.84 Å². The van der Waals surface area contributed by atoms with E-state index in [1.54, 1.807) is 48.5 Å². The third-order valence-electron chi connectivity index (χ3n) is 3.23. The molecule has 0 fully saturated rings. The minimum absolute atomic E-state index is 0.0867. The summed E-state index contributed by atoms with van der Waals surface area (Å²) < 4.78 is 5.33. The Morgan fingerprint density at radius 1 is 1.12 bits per heavy atom. The second-order valence-electron chi connectivity index (χ2n) is 4.98. The van der Waals surface area contributed by atoms with E-state index in [1.165, 1.54) is 0 Å². The van der Waals surface area contributed by atoms with Crippen molar-refractivity contribution in [1.29, 1.82) is 0 Å². The van der Waals surface area contributed by atoms with Crippen LogP contribution in [0.25, 0.3) is 0 Å². The fourth-order valence-electron chi connectivity index (χ4n) is 2.05. The number of ketones is 1. The third kappa shape index (κ3) is 5.28. The number of aliphatic carboxylic acids is 1. The maximum absolute atomic E-state index is 12.3. The summed E-state index contributed by atoms with van der Waals surface area (Å²) in [5.74, 6) is -0.555. The van der Waals surface area contributed by atoms with Gasteiger partial charge in [0.15, 0.2) is 5.78 Å². The number of Topliss-reactive ketones (excluding diaryl/α,β-unsaturated/α-hetero) is 1. The zero-order valence-corrected chi connectivity index (χ0v) is 14.6. The fourth-order valence-corrected chi connectivity index (χ4v) is 3.13. The van der Waals surface area contributed by atoms with Gasteiger partial charge in [-0.1, -0.05) is 11.6 Å². The summed E-state index contributed by atoms with van der Waals surface area (Å²) in [5, 5.41) is 9.10. The molecule has 126 valence electrons. The predicted molar refractivity (Wildman–Crippen MR) is 95.3 cm³/mol. The average molecular weight is 365 g/mol. The largest absolute Gasteiger partial charge is 0.494 e. The molecule has 0 saturated carbocycles. The van der Waals surface area contributed by atoms with Crippen molar-refractivity contribution < 1.29 is 19.4 Å². The van der Waals surface area contributed by atoms with Gasteiger partial charge in [-0.05, 0) is 55.5 Å². The molecule has 0 unspecified atom stereocenters. The molecule has 2 aromatic carbocycles. The molecule has 6 heteroatoms. The predicted octanol–water partition coefficient (Wildman–Crippen LogP) is 4.56. The van der Waals surface area contributed by atoms with Crippen LogP contribution < -0.4 is 4.74 Å². The number of halogens is 1. The Morgan fingerprint density at radius 2 is 1.75 bits per heavy atom. The van der Waals surface area contributed by atoms with Crippen molar-refractivity contribution in [2.24, 2.45) is 0 Å². The van der Waals surface area contributed by atoms with Crippen molar-refractivity contribution in [3.8, 4) is 5.75 Å². The summed E-state index contributed by atoms with van der Waals surface area (Å²) >= 11 is 6.96. The normalized spacial score (nSPS) is 11.8. The van der Waals surface area contributed by atoms with Crippen LogP contribution in [0.4, 0.5) is 0 Å². The van der Waals surface area contributed by atoms with Gasteiger partial charge in [0.2, 0.25) is 0 Å². The molecule has 2 aromatic rings. The van der Waals surface area contributed by atoms with E-state index in [0.29, 0.717) is 22.9 Å². The number of hydrogen-bond donors (Lipinski definition) is 1. The Hall–Kier alpha value is -1.98. The van der Waals surface area contributed by atoms with Gasteiger partial charge >= 0.3 is 5.97 Å². The van der Waals surface area contributed by atoms with Crippen LogP contribution in [0.1, 0.15) is 23.7 Å². The van der Waals surface area contributed by atoms with Crippen molar-refractivity contribution in [3.05, 3.63) is 59.1 Å². The van der Waals surface area contributed by atoms with Crippen LogP contribution in [0.3, 0.4) is 0 Å². The molecule has 0 spiro atoms. The number of carboxylic acid groups (broad SMARTS) is 1. The van der Waals surface area contributed by atoms with Crippen molar-refractivity contribution in [1.82, 2.24) is 0 Å². The molecule has 0 aliphatic rings. The lowest BCUT2D eigenvalue weighted by Gasteiger charge is -2.12. The van der Waals surface area contributed by atoms with Gasteiger partial charge in [0.05, 0.1) is 6.61 Å². The Bertz CT molecular complexity index is 698. The van der Waals surface area contributed by atoms with Crippen molar-refractivity contribution in [3.63, 3.8) is 0 Å². The number of carbonyl (C=O) groups excluding carboxylic acids is 1. The lowest BCUT2D eigenvalue weighted by molar-refractivity contribution is -0.136. The number of hydrogen-bond acceptors (Lipinski definition) is 4. The van der Waals surface area contributed by atoms with Crippen LogP contribution in [-0.4, -0.2) is 28.7 Å². The molecule has 0 aromatic heterocycles. The number of thioether (sulfide) groups is 1. The van der Waals surface area contributed by atoms with Crippen LogP contribution in [0.2, 0.25) is 5.02 Å². The summed E-state index contributed by atoms with van der Waals surface area (Å²) in [6, 6.07) is 13.6. The third-order valence-corrected chi connectivity index (χ3v) is 4.67. The number of rotatable bonds is 8. The molecule has 0 radical (unpaired) electrons. The van der Waals surface area contributed by atoms with Crippen LogP contribution in [0.5, 0.6) is 5.75 Å². The van der Waals surface area contributed by atoms with Gasteiger partial charge in [-0.2, -0.15) is 0 Å². The molecule has 0 bridgehead atoms. The zero-order valence-electron chi connectivity index (χ0n) is 13.1. The van der Waals surface area contributed by atoms with Gasteiger partial charge in [-0.25, -0.2) is 0 Å². The lowest BCUT2D eigenvalue weighted by atomic mass is 10.1. The van der Waals surface area contributed by atoms with E-state index in [0.717, 1.165) is 16.7 Å². The molecule has 0 amide bonds. The number of ether oxygens (including phenoxy) is 1. The van der Waals surface area contributed by atoms with Gasteiger partial charge in [0, 0.05) is 21.9 Å². The van der Waals surface area contributed by atoms with Gasteiger partial charge in [-0.3, -0.25) is 9.59 Å². The summed E-state index contributed by atoms with van der Waals surface area (Å²) in [4.78, 5) is 24.5. The quantitative estimate of drug-likeness (QED) is 0.549. The molecule has 1 atom stereocenters. The summed E-state index contributed by atoms with van der Waals surface area (Å²) in [6.45, 7) is 2.43. The first-order chi connectivity index (χ1) is 11.5. The molecular formula is C18H17ClO4S. The van der Waals surface area contributed by atoms with Crippen LogP contribution in [-0.2, 0) is 4.79 Å². The maximum atomic E-state index is 12.3. The monoisotopic (exact) mass is 364 g/mol. The van der Waals surface area contributed by atoms with Gasteiger partial charge in [-0.15, -0.1) is 11.8 Å². The number of benzene rings is 2. The minimum Gasteiger partial charge on any atom is -0.494 e. The number of carboxylic acids is 1. The van der Waals surface area contributed by atoms with Crippen molar-refractivity contribution in [2.75, 3.05) is 6.61 Å². The number of carbonyl (C=O) groups is 2. The second kappa shape index (κ2) is 8.76. The van der Waals surface area contributed by atoms with E-state index in [-0.39, 0.29) is 12.2 Å². The van der Waals surface area contributed by atoms with E-state index < -0.39 is 11.2 Å². The van der Waals surface area contributed by atoms with E-state index in [2.05, 4.69) is 0 Å². The molecule has 24 heavy (non-hydrogen) atoms. The SMILES string of the molecule is CCOc1ccc(C(=O)C[C@@H](Sc2ccc(Cl)cc2)C(=O)O)cc1. The van der Waals surface area contributed by atoms with Crippen LogP contribution in [0, 0.1) is 0 Å². The second-order valence-corrected chi connectivity index (χ2v) is 6.70. The van der Waals surface area contributed by atoms with E-state index in [1.807, 2.05) is 6.92 Å². The molecule has 2 rings (SSSR count). The summed E-state index contributed by atoms with van der Waals surface area (Å²) in [5.41, 5.74) is 0.474. The van der Waals surface area contributed by atoms with Crippen LogP contribution >= 0.6 is 23.4 Å². The van der Waals surface area contributed by atoms with Crippen LogP contribution in [0.15, 0.2) is 53.4 Å². The highest BCUT2D eigenvalue weighted by Gasteiger charge is 2.23. The summed E-state index contributed by atoms with van der Waals surface area (Å²) in [7, 11) is 0. The smallest absolute Gasteiger partial charge is 0.317 e. The highest BCUT2D eigenvalue weighted by Crippen LogP contribution is 2.28. The Kier molecular flexibility index (Phi) is 6.70. The van der Waals surface area contributed by atoms with Gasteiger partial charge in [0.25, 0.3) is 0 Å². The first-order valence-corrected chi connectivity index (χ1v) is 8.66. The fraction of sp³-hybridized carbons (Fsp3) is 0.222. The molecular weight excluding hydrogens is 348 g/mol. The molecule has 4 nitrogen and oxygen atoms in total. The van der Waals surface area contributed by atoms with Crippen molar-refractivity contribution in [2.45, 2.75) is 23.5 Å². The summed E-state index contributed by atoms with van der Waals surface area (Å²) in [6.07, 6.45) is -0.0867. The molecule has 1 N–H and O–H groups in total. The van der Waals surface area contributed by atoms with Gasteiger partial charge in [0.1, 0.15) is 11.0 Å². The lowest BCUT2D eigenvalue weighted by Crippen LogP contribution is -2.20. The zero-order chi connectivity index (χ0) is 17.5. The first-order valence-electron chi connectivity index (χ1n) is 7.40. The average Bonchev–Trinajstić information content (AvgIpc) is 2.57. The highest BCUT2D eigenvalue weighted by molar-refractivity contribution is 8.00. The molecule has 0 aliphatic heterocycles. The topological polar surface area (TPSA) is 63.6 Å². The van der Waals surface area contributed by atoms with E-state index >= 15 is 0 Å².